The fourth-order valence-electron chi connectivity index (χ4n) is 1.88. The highest BCUT2D eigenvalue weighted by Crippen LogP contribution is 2.26. The van der Waals surface area contributed by atoms with Gasteiger partial charge in [-0.3, -0.25) is 0 Å². The van der Waals surface area contributed by atoms with Crippen molar-refractivity contribution in [1.82, 2.24) is 5.32 Å². The predicted molar refractivity (Wildman–Crippen MR) is 103 cm³/mol. The van der Waals surface area contributed by atoms with E-state index in [4.69, 9.17) is 26.8 Å². The number of amides is 1. The smallest absolute Gasteiger partial charge is 0.407 e. The quantitative estimate of drug-likeness (QED) is 0.219. The Labute approximate surface area is 158 Å². The molecule has 0 unspecified atom stereocenters. The highest BCUT2D eigenvalue weighted by atomic mass is 35.5. The molecule has 0 aliphatic rings. The van der Waals surface area contributed by atoms with Gasteiger partial charge in [-0.05, 0) is 39.0 Å². The number of hydrogen-bond donors (Lipinski definition) is 3. The number of carbonyl (C=O) groups is 2. The van der Waals surface area contributed by atoms with E-state index in [0.717, 1.165) is 0 Å². The summed E-state index contributed by atoms with van der Waals surface area (Å²) in [6.07, 6.45) is -0.495. The van der Waals surface area contributed by atoms with Crippen LogP contribution < -0.4 is 16.4 Å². The van der Waals surface area contributed by atoms with Crippen LogP contribution in [-0.4, -0.2) is 49.6 Å². The van der Waals surface area contributed by atoms with Crippen molar-refractivity contribution in [3.63, 3.8) is 0 Å². The Balaban J connectivity index is 2.76. The maximum absolute atomic E-state index is 11.7. The van der Waals surface area contributed by atoms with Crippen LogP contribution >= 0.6 is 11.6 Å². The number of benzene rings is 1. The van der Waals surface area contributed by atoms with Crippen molar-refractivity contribution in [1.29, 1.82) is 0 Å². The van der Waals surface area contributed by atoms with E-state index in [2.05, 4.69) is 15.6 Å². The molecule has 0 saturated heterocycles. The molecular formula is C17H25ClN4O4. The van der Waals surface area contributed by atoms with Crippen LogP contribution in [0.2, 0.25) is 0 Å². The lowest BCUT2D eigenvalue weighted by Crippen LogP contribution is -2.35. The number of rotatable bonds is 7. The molecule has 1 aromatic carbocycles. The Morgan fingerprint density at radius 2 is 1.96 bits per heavy atom. The molecule has 0 bridgehead atoms. The summed E-state index contributed by atoms with van der Waals surface area (Å²) < 4.78 is 9.85. The number of hydrogen-bond acceptors (Lipinski definition) is 6. The van der Waals surface area contributed by atoms with Crippen molar-refractivity contribution in [2.24, 2.45) is 10.7 Å². The number of anilines is 1. The summed E-state index contributed by atoms with van der Waals surface area (Å²) in [5.41, 5.74) is 6.56. The molecule has 0 aliphatic heterocycles. The summed E-state index contributed by atoms with van der Waals surface area (Å²) in [5, 5.41) is 5.76. The number of methoxy groups -OCH3 is 1. The fourth-order valence-corrected chi connectivity index (χ4v) is 1.94. The Kier molecular flexibility index (Phi) is 8.18. The molecule has 4 N–H and O–H groups in total. The minimum absolute atomic E-state index is 0.0576. The van der Waals surface area contributed by atoms with Crippen LogP contribution in [0.3, 0.4) is 0 Å². The molecule has 144 valence electrons. The molecule has 1 amide bonds. The number of nitrogens with one attached hydrogen (secondary N) is 2. The summed E-state index contributed by atoms with van der Waals surface area (Å²) in [6, 6.07) is 4.83. The maximum atomic E-state index is 11.7. The van der Waals surface area contributed by atoms with Crippen LogP contribution in [0.5, 0.6) is 0 Å². The zero-order chi connectivity index (χ0) is 19.7. The van der Waals surface area contributed by atoms with Crippen LogP contribution in [0.1, 0.15) is 31.1 Å². The predicted octanol–water partition coefficient (Wildman–Crippen LogP) is 2.64. The third-order valence-corrected chi connectivity index (χ3v) is 3.20. The standard InChI is InChI=1S/C17H25ClN4O4/c1-17(2,3)26-16(24)21-8-7-20-12-6-5-11(15(23)25-4)9-13(12)22-14(19)10-18/h5-6,9,20H,7-8,10H2,1-4H3,(H2,19,22)(H,21,24). The van der Waals surface area contributed by atoms with Crippen molar-refractivity contribution < 1.29 is 19.1 Å². The van der Waals surface area contributed by atoms with Crippen LogP contribution in [0.15, 0.2) is 23.2 Å². The first kappa shape index (κ1) is 21.6. The summed E-state index contributed by atoms with van der Waals surface area (Å²) in [4.78, 5) is 27.5. The van der Waals surface area contributed by atoms with Crippen LogP contribution in [0, 0.1) is 0 Å². The second-order valence-electron chi connectivity index (χ2n) is 6.32. The average Bonchev–Trinajstić information content (AvgIpc) is 2.57. The molecule has 0 aromatic heterocycles. The summed E-state index contributed by atoms with van der Waals surface area (Å²) in [5.74, 6) is -0.213. The van der Waals surface area contributed by atoms with E-state index in [0.29, 0.717) is 30.0 Å². The van der Waals surface area contributed by atoms with E-state index in [1.54, 1.807) is 39.0 Å². The van der Waals surface area contributed by atoms with E-state index in [1.165, 1.54) is 7.11 Å². The lowest BCUT2D eigenvalue weighted by Gasteiger charge is -2.19. The molecular weight excluding hydrogens is 360 g/mol. The molecule has 1 rings (SSSR count). The highest BCUT2D eigenvalue weighted by Gasteiger charge is 2.15. The Bertz CT molecular complexity index is 671. The second kappa shape index (κ2) is 9.86. The molecule has 0 saturated carbocycles. The van der Waals surface area contributed by atoms with Gasteiger partial charge in [-0.15, -0.1) is 11.6 Å². The van der Waals surface area contributed by atoms with Crippen molar-refractivity contribution in [3.8, 4) is 0 Å². The lowest BCUT2D eigenvalue weighted by molar-refractivity contribution is 0.0528. The average molecular weight is 385 g/mol. The molecule has 26 heavy (non-hydrogen) atoms. The molecule has 1 aromatic rings. The first-order valence-electron chi connectivity index (χ1n) is 7.98. The van der Waals surface area contributed by atoms with E-state index in [1.807, 2.05) is 0 Å². The number of halogens is 1. The van der Waals surface area contributed by atoms with Gasteiger partial charge in [-0.1, -0.05) is 0 Å². The first-order chi connectivity index (χ1) is 12.2. The monoisotopic (exact) mass is 384 g/mol. The van der Waals surface area contributed by atoms with Gasteiger partial charge < -0.3 is 25.8 Å². The molecule has 0 aliphatic carbocycles. The number of nitrogens with two attached hydrogens (primary N) is 1. The number of amidine groups is 1. The van der Waals surface area contributed by atoms with Gasteiger partial charge in [-0.2, -0.15) is 0 Å². The fraction of sp³-hybridized carbons (Fsp3) is 0.471. The Morgan fingerprint density at radius 3 is 2.54 bits per heavy atom. The SMILES string of the molecule is COC(=O)c1ccc(NCCNC(=O)OC(C)(C)C)c(N=C(N)CCl)c1. The number of aliphatic imine (C=N–C) groups is 1. The van der Waals surface area contributed by atoms with E-state index in [-0.39, 0.29) is 11.7 Å². The van der Waals surface area contributed by atoms with Crippen molar-refractivity contribution >= 4 is 40.9 Å². The van der Waals surface area contributed by atoms with Crippen LogP contribution in [0.25, 0.3) is 0 Å². The van der Waals surface area contributed by atoms with Gasteiger partial charge in [0.25, 0.3) is 0 Å². The number of alkyl carbamates (subject to hydrolysis) is 1. The Morgan fingerprint density at radius 1 is 1.27 bits per heavy atom. The lowest BCUT2D eigenvalue weighted by atomic mass is 10.1. The van der Waals surface area contributed by atoms with E-state index >= 15 is 0 Å². The van der Waals surface area contributed by atoms with Crippen molar-refractivity contribution in [3.05, 3.63) is 23.8 Å². The molecule has 0 fully saturated rings. The maximum Gasteiger partial charge on any atom is 0.407 e. The topological polar surface area (TPSA) is 115 Å². The first-order valence-corrected chi connectivity index (χ1v) is 8.52. The van der Waals surface area contributed by atoms with Crippen molar-refractivity contribution in [2.75, 3.05) is 31.4 Å². The molecule has 0 heterocycles. The zero-order valence-electron chi connectivity index (χ0n) is 15.4. The van der Waals surface area contributed by atoms with Crippen LogP contribution in [0.4, 0.5) is 16.2 Å². The minimum atomic E-state index is -0.553. The number of alkyl halides is 1. The number of nitrogens with zero attached hydrogens (tertiary/aromatic N) is 1. The number of carbonyl (C=O) groups excluding carboxylic acids is 2. The van der Waals surface area contributed by atoms with Gasteiger partial charge in [-0.25, -0.2) is 14.6 Å². The third-order valence-electron chi connectivity index (χ3n) is 2.93. The molecule has 8 nitrogen and oxygen atoms in total. The normalized spacial score (nSPS) is 11.7. The third kappa shape index (κ3) is 7.60. The largest absolute Gasteiger partial charge is 0.465 e. The van der Waals surface area contributed by atoms with Gasteiger partial charge in [0.1, 0.15) is 11.4 Å². The van der Waals surface area contributed by atoms with Crippen molar-refractivity contribution in [2.45, 2.75) is 26.4 Å². The van der Waals surface area contributed by atoms with Gasteiger partial charge in [0.15, 0.2) is 0 Å². The molecule has 0 spiro atoms. The minimum Gasteiger partial charge on any atom is -0.465 e. The molecule has 0 radical (unpaired) electrons. The van der Waals surface area contributed by atoms with Gasteiger partial charge >= 0.3 is 12.1 Å². The Hall–Kier alpha value is -2.48. The second-order valence-corrected chi connectivity index (χ2v) is 6.58. The van der Waals surface area contributed by atoms with E-state index < -0.39 is 17.7 Å². The van der Waals surface area contributed by atoms with E-state index in [9.17, 15) is 9.59 Å². The van der Waals surface area contributed by atoms with Gasteiger partial charge in [0.05, 0.1) is 29.9 Å². The molecule has 9 heteroatoms. The molecule has 0 atom stereocenters. The van der Waals surface area contributed by atoms with Gasteiger partial charge in [0, 0.05) is 13.1 Å². The van der Waals surface area contributed by atoms with Crippen LogP contribution in [-0.2, 0) is 9.47 Å². The highest BCUT2D eigenvalue weighted by molar-refractivity contribution is 6.28. The number of ether oxygens (including phenoxy) is 2. The number of esters is 1. The summed E-state index contributed by atoms with van der Waals surface area (Å²) in [7, 11) is 1.30. The summed E-state index contributed by atoms with van der Waals surface area (Å²) >= 11 is 5.67. The zero-order valence-corrected chi connectivity index (χ0v) is 16.1. The summed E-state index contributed by atoms with van der Waals surface area (Å²) in [6.45, 7) is 6.12. The van der Waals surface area contributed by atoms with Gasteiger partial charge in [0.2, 0.25) is 0 Å².